The van der Waals surface area contributed by atoms with Crippen molar-refractivity contribution in [2.45, 2.75) is 27.2 Å². The summed E-state index contributed by atoms with van der Waals surface area (Å²) < 4.78 is 5.85. The molecule has 0 aliphatic rings. The first-order chi connectivity index (χ1) is 9.69. The van der Waals surface area contributed by atoms with Crippen LogP contribution < -0.4 is 4.74 Å². The highest BCUT2D eigenvalue weighted by Gasteiger charge is 2.05. The Morgan fingerprint density at radius 1 is 1.05 bits per heavy atom. The first-order valence-corrected chi connectivity index (χ1v) is 7.14. The van der Waals surface area contributed by atoms with Crippen molar-refractivity contribution in [3.05, 3.63) is 71.8 Å². The fourth-order valence-corrected chi connectivity index (χ4v) is 2.33. The standard InChI is InChI=1S/C19H22O/c1-4-8-15(2)13-17-11-12-19(14-16(17)3)20-18-9-6-5-7-10-18/h4-12,14-15H,13H2,1-3H3/b8-4-. The Morgan fingerprint density at radius 3 is 2.45 bits per heavy atom. The van der Waals surface area contributed by atoms with Crippen LogP contribution in [0.15, 0.2) is 60.7 Å². The predicted molar refractivity (Wildman–Crippen MR) is 85.4 cm³/mol. The molecule has 0 spiro atoms. The Labute approximate surface area is 121 Å². The van der Waals surface area contributed by atoms with Crippen molar-refractivity contribution < 1.29 is 4.74 Å². The van der Waals surface area contributed by atoms with E-state index in [9.17, 15) is 0 Å². The number of rotatable bonds is 5. The van der Waals surface area contributed by atoms with E-state index in [1.54, 1.807) is 0 Å². The van der Waals surface area contributed by atoms with E-state index in [1.165, 1.54) is 11.1 Å². The second kappa shape index (κ2) is 6.95. The third kappa shape index (κ3) is 3.99. The van der Waals surface area contributed by atoms with Gasteiger partial charge < -0.3 is 4.74 Å². The lowest BCUT2D eigenvalue weighted by molar-refractivity contribution is 0.482. The number of aryl methyl sites for hydroxylation is 1. The average molecular weight is 266 g/mol. The van der Waals surface area contributed by atoms with Gasteiger partial charge in [-0.25, -0.2) is 0 Å². The van der Waals surface area contributed by atoms with Crippen LogP contribution in [0, 0.1) is 12.8 Å². The molecule has 0 aliphatic carbocycles. The molecule has 2 aromatic carbocycles. The highest BCUT2D eigenvalue weighted by molar-refractivity contribution is 5.38. The fraction of sp³-hybridized carbons (Fsp3) is 0.263. The Hall–Kier alpha value is -2.02. The molecule has 0 saturated carbocycles. The maximum Gasteiger partial charge on any atom is 0.127 e. The van der Waals surface area contributed by atoms with Gasteiger partial charge in [0, 0.05) is 0 Å². The fourth-order valence-electron chi connectivity index (χ4n) is 2.33. The lowest BCUT2D eigenvalue weighted by atomic mass is 9.97. The summed E-state index contributed by atoms with van der Waals surface area (Å²) in [6.45, 7) is 6.46. The normalized spacial score (nSPS) is 12.6. The highest BCUT2D eigenvalue weighted by atomic mass is 16.5. The Balaban J connectivity index is 2.09. The van der Waals surface area contributed by atoms with E-state index < -0.39 is 0 Å². The van der Waals surface area contributed by atoms with Crippen molar-refractivity contribution in [3.63, 3.8) is 0 Å². The van der Waals surface area contributed by atoms with E-state index in [0.717, 1.165) is 17.9 Å². The minimum absolute atomic E-state index is 0.569. The van der Waals surface area contributed by atoms with Crippen LogP contribution in [0.4, 0.5) is 0 Å². The summed E-state index contributed by atoms with van der Waals surface area (Å²) in [7, 11) is 0. The molecule has 104 valence electrons. The molecule has 1 nitrogen and oxygen atoms in total. The van der Waals surface area contributed by atoms with E-state index in [4.69, 9.17) is 4.74 Å². The van der Waals surface area contributed by atoms with E-state index in [1.807, 2.05) is 30.3 Å². The summed E-state index contributed by atoms with van der Waals surface area (Å²) in [6, 6.07) is 16.2. The number of hydrogen-bond acceptors (Lipinski definition) is 1. The molecule has 1 unspecified atom stereocenters. The van der Waals surface area contributed by atoms with Gasteiger partial charge in [-0.3, -0.25) is 0 Å². The zero-order chi connectivity index (χ0) is 14.4. The van der Waals surface area contributed by atoms with Crippen LogP contribution in [0.1, 0.15) is 25.0 Å². The Morgan fingerprint density at radius 2 is 1.80 bits per heavy atom. The molecule has 0 N–H and O–H groups in total. The third-order valence-electron chi connectivity index (χ3n) is 3.36. The van der Waals surface area contributed by atoms with Gasteiger partial charge in [-0.2, -0.15) is 0 Å². The summed E-state index contributed by atoms with van der Waals surface area (Å²) in [5.41, 5.74) is 2.67. The molecular weight excluding hydrogens is 244 g/mol. The predicted octanol–water partition coefficient (Wildman–Crippen LogP) is 5.54. The number of benzene rings is 2. The van der Waals surface area contributed by atoms with Gasteiger partial charge in [0.2, 0.25) is 0 Å². The number of hydrogen-bond donors (Lipinski definition) is 0. The Kier molecular flexibility index (Phi) is 5.00. The maximum atomic E-state index is 5.85. The summed E-state index contributed by atoms with van der Waals surface area (Å²) in [5, 5.41) is 0. The van der Waals surface area contributed by atoms with Gasteiger partial charge in [0.1, 0.15) is 11.5 Å². The number of allylic oxidation sites excluding steroid dienone is 2. The van der Waals surface area contributed by atoms with Crippen LogP contribution in [-0.2, 0) is 6.42 Å². The van der Waals surface area contributed by atoms with Crippen LogP contribution >= 0.6 is 0 Å². The summed E-state index contributed by atoms with van der Waals surface area (Å²) in [5.74, 6) is 2.35. The van der Waals surface area contributed by atoms with E-state index >= 15 is 0 Å². The first-order valence-electron chi connectivity index (χ1n) is 7.14. The van der Waals surface area contributed by atoms with Gasteiger partial charge in [0.15, 0.2) is 0 Å². The van der Waals surface area contributed by atoms with Crippen LogP contribution in [-0.4, -0.2) is 0 Å². The van der Waals surface area contributed by atoms with Crippen LogP contribution in [0.2, 0.25) is 0 Å². The van der Waals surface area contributed by atoms with Gasteiger partial charge in [0.25, 0.3) is 0 Å². The summed E-state index contributed by atoms with van der Waals surface area (Å²) in [6.07, 6.45) is 5.43. The molecule has 0 bridgehead atoms. The topological polar surface area (TPSA) is 9.23 Å². The van der Waals surface area contributed by atoms with Crippen LogP contribution in [0.25, 0.3) is 0 Å². The minimum Gasteiger partial charge on any atom is -0.457 e. The molecule has 0 aliphatic heterocycles. The smallest absolute Gasteiger partial charge is 0.127 e. The molecule has 0 radical (unpaired) electrons. The van der Waals surface area contributed by atoms with Crippen molar-refractivity contribution in [3.8, 4) is 11.5 Å². The second-order valence-corrected chi connectivity index (χ2v) is 5.21. The van der Waals surface area contributed by atoms with Gasteiger partial charge in [-0.05, 0) is 61.6 Å². The van der Waals surface area contributed by atoms with Crippen molar-refractivity contribution >= 4 is 0 Å². The van der Waals surface area contributed by atoms with Gasteiger partial charge in [0.05, 0.1) is 0 Å². The summed E-state index contributed by atoms with van der Waals surface area (Å²) >= 11 is 0. The largest absolute Gasteiger partial charge is 0.457 e. The first kappa shape index (κ1) is 14.4. The van der Waals surface area contributed by atoms with Crippen molar-refractivity contribution in [1.29, 1.82) is 0 Å². The molecule has 20 heavy (non-hydrogen) atoms. The van der Waals surface area contributed by atoms with E-state index in [-0.39, 0.29) is 0 Å². The van der Waals surface area contributed by atoms with Crippen LogP contribution in [0.5, 0.6) is 11.5 Å². The molecule has 0 saturated heterocycles. The molecule has 0 heterocycles. The SMILES string of the molecule is C/C=C\C(C)Cc1ccc(Oc2ccccc2)cc1C. The van der Waals surface area contributed by atoms with Crippen LogP contribution in [0.3, 0.4) is 0 Å². The van der Waals surface area contributed by atoms with Gasteiger partial charge in [-0.15, -0.1) is 0 Å². The lowest BCUT2D eigenvalue weighted by Crippen LogP contribution is -1.98. The van der Waals surface area contributed by atoms with Gasteiger partial charge >= 0.3 is 0 Å². The molecule has 2 aromatic rings. The highest BCUT2D eigenvalue weighted by Crippen LogP contribution is 2.24. The zero-order valence-electron chi connectivity index (χ0n) is 12.5. The van der Waals surface area contributed by atoms with Gasteiger partial charge in [-0.1, -0.05) is 43.3 Å². The molecule has 1 atom stereocenters. The van der Waals surface area contributed by atoms with Crippen molar-refractivity contribution in [1.82, 2.24) is 0 Å². The molecule has 0 fully saturated rings. The number of ether oxygens (including phenoxy) is 1. The van der Waals surface area contributed by atoms with E-state index in [2.05, 4.69) is 51.1 Å². The average Bonchev–Trinajstić information content (AvgIpc) is 2.43. The van der Waals surface area contributed by atoms with Crippen molar-refractivity contribution in [2.24, 2.45) is 5.92 Å². The third-order valence-corrected chi connectivity index (χ3v) is 3.36. The van der Waals surface area contributed by atoms with Crippen molar-refractivity contribution in [2.75, 3.05) is 0 Å². The summed E-state index contributed by atoms with van der Waals surface area (Å²) in [4.78, 5) is 0. The molecule has 2 rings (SSSR count). The molecule has 0 amide bonds. The molecule has 1 heteroatoms. The lowest BCUT2D eigenvalue weighted by Gasteiger charge is -2.12. The molecule has 0 aromatic heterocycles. The monoisotopic (exact) mass is 266 g/mol. The quantitative estimate of drug-likeness (QED) is 0.645. The zero-order valence-corrected chi connectivity index (χ0v) is 12.5. The van der Waals surface area contributed by atoms with E-state index in [0.29, 0.717) is 5.92 Å². The maximum absolute atomic E-state index is 5.85. The number of para-hydroxylation sites is 1. The second-order valence-electron chi connectivity index (χ2n) is 5.21. The Bertz CT molecular complexity index is 570. The molecular formula is C19H22O. The minimum atomic E-state index is 0.569.